The number of nitrogens with zero attached hydrogens (tertiary/aromatic N) is 2. The second-order valence-corrected chi connectivity index (χ2v) is 7.61. The van der Waals surface area contributed by atoms with Gasteiger partial charge in [0.2, 0.25) is 5.91 Å². The highest BCUT2D eigenvalue weighted by Gasteiger charge is 2.29. The van der Waals surface area contributed by atoms with Gasteiger partial charge in [0.05, 0.1) is 11.4 Å². The van der Waals surface area contributed by atoms with Crippen molar-refractivity contribution in [3.8, 4) is 0 Å². The molecule has 136 valence electrons. The Morgan fingerprint density at radius 1 is 1.15 bits per heavy atom. The highest BCUT2D eigenvalue weighted by atomic mass is 32.2. The summed E-state index contributed by atoms with van der Waals surface area (Å²) in [5.74, 6) is -0.194. The molecule has 0 atom stereocenters. The first-order valence-corrected chi connectivity index (χ1v) is 9.50. The van der Waals surface area contributed by atoms with Gasteiger partial charge in [-0.25, -0.2) is 12.8 Å². The van der Waals surface area contributed by atoms with Crippen LogP contribution >= 0.6 is 0 Å². The molecule has 0 aromatic heterocycles. The molecule has 3 rings (SSSR count). The van der Waals surface area contributed by atoms with Gasteiger partial charge in [0.25, 0.3) is 10.0 Å². The minimum atomic E-state index is -3.57. The molecule has 1 amide bonds. The molecule has 1 aliphatic rings. The summed E-state index contributed by atoms with van der Waals surface area (Å²) in [6.45, 7) is 0.532. The molecule has 0 aliphatic carbocycles. The third kappa shape index (κ3) is 3.91. The number of amides is 1. The number of sulfonamides is 1. The fraction of sp³-hybridized carbons (Fsp3) is 0.222. The van der Waals surface area contributed by atoms with Gasteiger partial charge in [-0.1, -0.05) is 24.3 Å². The SMILES string of the molecule is CN(Cc1ccc(F)cc1)C(=O)CCN=C1NS(=O)(=O)c2ccccc21. The fourth-order valence-electron chi connectivity index (χ4n) is 2.66. The van der Waals surface area contributed by atoms with Crippen LogP contribution in [0.1, 0.15) is 17.5 Å². The molecule has 0 unspecified atom stereocenters. The Bertz CT molecular complexity index is 956. The number of fused-ring (bicyclic) bond motifs is 1. The Labute approximate surface area is 151 Å². The van der Waals surface area contributed by atoms with Crippen LogP contribution in [0, 0.1) is 5.82 Å². The summed E-state index contributed by atoms with van der Waals surface area (Å²) in [5.41, 5.74) is 1.34. The molecule has 0 fully saturated rings. The molecule has 26 heavy (non-hydrogen) atoms. The molecule has 0 spiro atoms. The van der Waals surface area contributed by atoms with E-state index in [1.807, 2.05) is 0 Å². The largest absolute Gasteiger partial charge is 0.341 e. The summed E-state index contributed by atoms with van der Waals surface area (Å²) in [6, 6.07) is 12.5. The summed E-state index contributed by atoms with van der Waals surface area (Å²) in [5, 5.41) is 0. The predicted octanol–water partition coefficient (Wildman–Crippen LogP) is 1.91. The molecule has 1 heterocycles. The number of carbonyl (C=O) groups is 1. The number of halogens is 1. The molecule has 0 radical (unpaired) electrons. The Morgan fingerprint density at radius 3 is 2.58 bits per heavy atom. The predicted molar refractivity (Wildman–Crippen MR) is 95.7 cm³/mol. The van der Waals surface area contributed by atoms with E-state index in [9.17, 15) is 17.6 Å². The van der Waals surface area contributed by atoms with Crippen molar-refractivity contribution in [1.82, 2.24) is 9.62 Å². The zero-order valence-corrected chi connectivity index (χ0v) is 15.0. The molecular formula is C18H18FN3O3S. The zero-order valence-electron chi connectivity index (χ0n) is 14.1. The summed E-state index contributed by atoms with van der Waals surface area (Å²) in [7, 11) is -1.91. The molecule has 1 N–H and O–H groups in total. The van der Waals surface area contributed by atoms with Crippen molar-refractivity contribution in [2.75, 3.05) is 13.6 Å². The molecule has 0 saturated carbocycles. The van der Waals surface area contributed by atoms with Crippen LogP contribution in [0.4, 0.5) is 4.39 Å². The Balaban J connectivity index is 1.60. The van der Waals surface area contributed by atoms with Gasteiger partial charge in [-0.3, -0.25) is 14.5 Å². The van der Waals surface area contributed by atoms with Gasteiger partial charge in [0.15, 0.2) is 0 Å². The van der Waals surface area contributed by atoms with E-state index in [1.54, 1.807) is 37.4 Å². The van der Waals surface area contributed by atoms with Crippen molar-refractivity contribution in [2.24, 2.45) is 4.99 Å². The minimum absolute atomic E-state index is 0.132. The van der Waals surface area contributed by atoms with Crippen LogP contribution < -0.4 is 4.72 Å². The molecule has 1 aliphatic heterocycles. The van der Waals surface area contributed by atoms with Gasteiger partial charge in [-0.2, -0.15) is 0 Å². The van der Waals surface area contributed by atoms with Crippen molar-refractivity contribution < 1.29 is 17.6 Å². The van der Waals surface area contributed by atoms with Crippen LogP contribution in [0.2, 0.25) is 0 Å². The average molecular weight is 375 g/mol. The number of nitrogens with one attached hydrogen (secondary N) is 1. The van der Waals surface area contributed by atoms with Crippen LogP contribution in [0.15, 0.2) is 58.4 Å². The first kappa shape index (κ1) is 18.1. The normalized spacial score (nSPS) is 16.2. The van der Waals surface area contributed by atoms with Crippen LogP contribution in [0.5, 0.6) is 0 Å². The van der Waals surface area contributed by atoms with E-state index in [-0.39, 0.29) is 35.4 Å². The van der Waals surface area contributed by atoms with E-state index in [0.717, 1.165) is 5.56 Å². The number of amidine groups is 1. The van der Waals surface area contributed by atoms with Gasteiger partial charge in [-0.05, 0) is 29.8 Å². The first-order chi connectivity index (χ1) is 12.4. The van der Waals surface area contributed by atoms with Gasteiger partial charge >= 0.3 is 0 Å². The van der Waals surface area contributed by atoms with Crippen molar-refractivity contribution in [3.63, 3.8) is 0 Å². The number of carbonyl (C=O) groups excluding carboxylic acids is 1. The second kappa shape index (κ2) is 7.25. The van der Waals surface area contributed by atoms with Crippen molar-refractivity contribution >= 4 is 21.8 Å². The number of benzene rings is 2. The summed E-state index contributed by atoms with van der Waals surface area (Å²) in [6.07, 6.45) is 0.144. The monoisotopic (exact) mass is 375 g/mol. The van der Waals surface area contributed by atoms with Crippen LogP contribution in [-0.2, 0) is 21.4 Å². The van der Waals surface area contributed by atoms with Crippen LogP contribution in [0.3, 0.4) is 0 Å². The first-order valence-electron chi connectivity index (χ1n) is 8.02. The number of hydrogen-bond donors (Lipinski definition) is 1. The van der Waals surface area contributed by atoms with Gasteiger partial charge in [0, 0.05) is 25.6 Å². The van der Waals surface area contributed by atoms with E-state index >= 15 is 0 Å². The standard InChI is InChI=1S/C18H18FN3O3S/c1-22(12-13-6-8-14(19)9-7-13)17(23)10-11-20-18-15-4-2-3-5-16(15)26(24,25)21-18/h2-9H,10-12H2,1H3,(H,20,21). The maximum atomic E-state index is 12.9. The highest BCUT2D eigenvalue weighted by molar-refractivity contribution is 7.90. The lowest BCUT2D eigenvalue weighted by atomic mass is 10.2. The van der Waals surface area contributed by atoms with Crippen LogP contribution in [0.25, 0.3) is 0 Å². The van der Waals surface area contributed by atoms with Crippen LogP contribution in [-0.4, -0.2) is 38.7 Å². The summed E-state index contributed by atoms with van der Waals surface area (Å²) < 4.78 is 39.3. The smallest absolute Gasteiger partial charge is 0.263 e. The van der Waals surface area contributed by atoms with E-state index < -0.39 is 10.0 Å². The van der Waals surface area contributed by atoms with E-state index in [1.165, 1.54) is 23.1 Å². The highest BCUT2D eigenvalue weighted by Crippen LogP contribution is 2.22. The number of aliphatic imine (C=N–C) groups is 1. The van der Waals surface area contributed by atoms with E-state index in [0.29, 0.717) is 12.1 Å². The molecular weight excluding hydrogens is 357 g/mol. The van der Waals surface area contributed by atoms with Crippen molar-refractivity contribution in [1.29, 1.82) is 0 Å². The summed E-state index contributed by atoms with van der Waals surface area (Å²) >= 11 is 0. The third-order valence-corrected chi connectivity index (χ3v) is 5.41. The topological polar surface area (TPSA) is 78.8 Å². The third-order valence-electron chi connectivity index (χ3n) is 4.02. The number of rotatable bonds is 5. The zero-order chi connectivity index (χ0) is 18.7. The molecule has 2 aromatic carbocycles. The molecule has 6 nitrogen and oxygen atoms in total. The minimum Gasteiger partial charge on any atom is -0.341 e. The number of hydrogen-bond acceptors (Lipinski definition) is 4. The molecule has 8 heteroatoms. The Hall–Kier alpha value is -2.74. The maximum absolute atomic E-state index is 12.9. The lowest BCUT2D eigenvalue weighted by molar-refractivity contribution is -0.130. The quantitative estimate of drug-likeness (QED) is 0.867. The van der Waals surface area contributed by atoms with Crippen molar-refractivity contribution in [2.45, 2.75) is 17.9 Å². The second-order valence-electron chi connectivity index (χ2n) is 5.96. The van der Waals surface area contributed by atoms with Crippen molar-refractivity contribution in [3.05, 3.63) is 65.5 Å². The van der Waals surface area contributed by atoms with Gasteiger partial charge < -0.3 is 4.90 Å². The summed E-state index contributed by atoms with van der Waals surface area (Å²) in [4.78, 5) is 18.2. The van der Waals surface area contributed by atoms with E-state index in [2.05, 4.69) is 9.71 Å². The van der Waals surface area contributed by atoms with E-state index in [4.69, 9.17) is 0 Å². The average Bonchev–Trinajstić information content (AvgIpc) is 2.88. The van der Waals surface area contributed by atoms with Gasteiger partial charge in [0.1, 0.15) is 11.7 Å². The molecule has 0 saturated heterocycles. The lowest BCUT2D eigenvalue weighted by Crippen LogP contribution is -2.27. The molecule has 0 bridgehead atoms. The molecule has 2 aromatic rings. The lowest BCUT2D eigenvalue weighted by Gasteiger charge is -2.16. The Kier molecular flexibility index (Phi) is 5.03. The fourth-order valence-corrected chi connectivity index (χ4v) is 3.91. The van der Waals surface area contributed by atoms with Gasteiger partial charge in [-0.15, -0.1) is 0 Å². The Morgan fingerprint density at radius 2 is 1.85 bits per heavy atom. The maximum Gasteiger partial charge on any atom is 0.263 e.